The van der Waals surface area contributed by atoms with E-state index in [1.165, 1.54) is 53.1 Å². The number of benzene rings is 6. The van der Waals surface area contributed by atoms with E-state index in [9.17, 15) is 0 Å². The lowest BCUT2D eigenvalue weighted by molar-refractivity contribution is 1.31. The molecule has 0 N–H and O–H groups in total. The summed E-state index contributed by atoms with van der Waals surface area (Å²) in [5.74, 6) is 0. The van der Waals surface area contributed by atoms with Crippen LogP contribution in [0, 0.1) is 0 Å². The summed E-state index contributed by atoms with van der Waals surface area (Å²) in [5.41, 5.74) is 3.54. The molecule has 0 aliphatic heterocycles. The molecule has 6 aromatic carbocycles. The van der Waals surface area contributed by atoms with Gasteiger partial charge >= 0.3 is 0 Å². The van der Waals surface area contributed by atoms with Gasteiger partial charge in [-0.2, -0.15) is 0 Å². The summed E-state index contributed by atoms with van der Waals surface area (Å²) < 4.78 is 2.66. The third-order valence-corrected chi connectivity index (χ3v) is 7.89. The van der Waals surface area contributed by atoms with Crippen LogP contribution >= 0.6 is 11.3 Å². The molecule has 0 saturated heterocycles. The Hall–Kier alpha value is -4.14. The van der Waals surface area contributed by atoms with Gasteiger partial charge in [0.25, 0.3) is 0 Å². The Morgan fingerprint density at radius 3 is 1.97 bits per heavy atom. The van der Waals surface area contributed by atoms with Crippen LogP contribution in [0.5, 0.6) is 0 Å². The molecule has 0 atom stereocenters. The summed E-state index contributed by atoms with van der Waals surface area (Å²) in [7, 11) is 0. The number of hydrogen-bond acceptors (Lipinski definition) is 2. The lowest BCUT2D eigenvalue weighted by Crippen LogP contribution is -2.09. The topological polar surface area (TPSA) is 3.24 Å². The van der Waals surface area contributed by atoms with E-state index in [4.69, 9.17) is 0 Å². The van der Waals surface area contributed by atoms with Crippen molar-refractivity contribution >= 4 is 70.1 Å². The summed E-state index contributed by atoms with van der Waals surface area (Å²) in [6, 6.07) is 45.9. The van der Waals surface area contributed by atoms with E-state index >= 15 is 0 Å². The fourth-order valence-corrected chi connectivity index (χ4v) is 6.35. The number of nitrogens with zero attached hydrogens (tertiary/aromatic N) is 1. The number of para-hydroxylation sites is 1. The third-order valence-electron chi connectivity index (χ3n) is 6.61. The minimum Gasteiger partial charge on any atom is -0.309 e. The highest BCUT2D eigenvalue weighted by atomic mass is 32.1. The second kappa shape index (κ2) is 7.72. The Morgan fingerprint density at radius 2 is 1.09 bits per heavy atom. The van der Waals surface area contributed by atoms with Gasteiger partial charge in [0.2, 0.25) is 0 Å². The van der Waals surface area contributed by atoms with Crippen LogP contribution in [0.2, 0.25) is 0 Å². The molecular weight excluding hydrogens is 430 g/mol. The van der Waals surface area contributed by atoms with Crippen LogP contribution in [0.1, 0.15) is 0 Å². The lowest BCUT2D eigenvalue weighted by Gasteiger charge is -2.26. The van der Waals surface area contributed by atoms with Crippen molar-refractivity contribution in [1.82, 2.24) is 0 Å². The molecule has 7 aromatic rings. The van der Waals surface area contributed by atoms with Gasteiger partial charge in [-0.25, -0.2) is 0 Å². The molecule has 2 heteroatoms. The highest BCUT2D eigenvalue weighted by Crippen LogP contribution is 2.46. The molecule has 0 unspecified atom stereocenters. The van der Waals surface area contributed by atoms with Crippen molar-refractivity contribution in [2.24, 2.45) is 0 Å². The fourth-order valence-electron chi connectivity index (χ4n) is 5.01. The van der Waals surface area contributed by atoms with Crippen molar-refractivity contribution in [2.45, 2.75) is 0 Å². The van der Waals surface area contributed by atoms with E-state index in [1.54, 1.807) is 0 Å². The molecule has 1 nitrogen and oxygen atoms in total. The normalized spacial score (nSPS) is 11.5. The van der Waals surface area contributed by atoms with Crippen molar-refractivity contribution < 1.29 is 0 Å². The monoisotopic (exact) mass is 451 g/mol. The smallest absolute Gasteiger partial charge is 0.0640 e. The molecule has 7 rings (SSSR count). The number of anilines is 3. The molecule has 0 aliphatic rings. The third kappa shape index (κ3) is 3.00. The van der Waals surface area contributed by atoms with Crippen LogP contribution in [0.25, 0.3) is 41.7 Å². The second-order valence-electron chi connectivity index (χ2n) is 8.62. The summed E-state index contributed by atoms with van der Waals surface area (Å²) >= 11 is 1.90. The van der Waals surface area contributed by atoms with Gasteiger partial charge < -0.3 is 4.90 Å². The van der Waals surface area contributed by atoms with Gasteiger partial charge in [0.05, 0.1) is 10.4 Å². The minimum atomic E-state index is 1.16. The maximum Gasteiger partial charge on any atom is 0.0640 e. The van der Waals surface area contributed by atoms with Gasteiger partial charge in [-0.1, -0.05) is 97.1 Å². The van der Waals surface area contributed by atoms with Gasteiger partial charge in [0.15, 0.2) is 0 Å². The summed E-state index contributed by atoms with van der Waals surface area (Å²) in [4.78, 5) is 2.40. The zero-order valence-corrected chi connectivity index (χ0v) is 19.3. The first kappa shape index (κ1) is 19.3. The lowest BCUT2D eigenvalue weighted by atomic mass is 10.1. The van der Waals surface area contributed by atoms with E-state index in [1.807, 2.05) is 11.3 Å². The first-order valence-electron chi connectivity index (χ1n) is 11.5. The highest BCUT2D eigenvalue weighted by Gasteiger charge is 2.18. The zero-order chi connectivity index (χ0) is 22.5. The highest BCUT2D eigenvalue weighted by molar-refractivity contribution is 7.27. The summed E-state index contributed by atoms with van der Waals surface area (Å²) in [6.07, 6.45) is 0. The Bertz CT molecular complexity index is 1810. The second-order valence-corrected chi connectivity index (χ2v) is 9.64. The number of thiophene rings is 1. The van der Waals surface area contributed by atoms with Gasteiger partial charge in [-0.05, 0) is 51.9 Å². The van der Waals surface area contributed by atoms with Crippen LogP contribution < -0.4 is 4.90 Å². The maximum absolute atomic E-state index is 2.40. The van der Waals surface area contributed by atoms with E-state index in [0.717, 1.165) is 5.69 Å². The fraction of sp³-hybridized carbons (Fsp3) is 0. The molecule has 0 saturated carbocycles. The Morgan fingerprint density at radius 1 is 0.412 bits per heavy atom. The maximum atomic E-state index is 2.40. The van der Waals surface area contributed by atoms with Crippen LogP contribution in [0.15, 0.2) is 127 Å². The molecule has 0 amide bonds. The predicted octanol–water partition coefficient (Wildman–Crippen LogP) is 9.83. The Balaban J connectivity index is 1.54. The molecule has 1 heterocycles. The van der Waals surface area contributed by atoms with Gasteiger partial charge in [0, 0.05) is 26.8 Å². The minimum absolute atomic E-state index is 1.16. The molecule has 34 heavy (non-hydrogen) atoms. The first-order chi connectivity index (χ1) is 16.9. The average Bonchev–Trinajstić information content (AvgIpc) is 3.30. The number of hydrogen-bond donors (Lipinski definition) is 0. The van der Waals surface area contributed by atoms with Gasteiger partial charge in [0.1, 0.15) is 0 Å². The van der Waals surface area contributed by atoms with E-state index in [2.05, 4.69) is 132 Å². The molecule has 1 aromatic heterocycles. The zero-order valence-electron chi connectivity index (χ0n) is 18.5. The van der Waals surface area contributed by atoms with E-state index in [0.29, 0.717) is 0 Å². The van der Waals surface area contributed by atoms with E-state index < -0.39 is 0 Å². The molecule has 0 bridgehead atoms. The Labute approximate surface area is 202 Å². The summed E-state index contributed by atoms with van der Waals surface area (Å²) in [5, 5.41) is 7.75. The predicted molar refractivity (Wildman–Crippen MR) is 149 cm³/mol. The standard InChI is InChI=1S/C32H21NS/c1-2-12-25(13-3-1)33(26-19-17-22-9-4-5-11-24(22)21-26)30-16-8-15-28-29-20-18-23-10-6-7-14-27(23)31(29)34-32(28)30/h1-21H. The van der Waals surface area contributed by atoms with Crippen LogP contribution in [-0.2, 0) is 0 Å². The van der Waals surface area contributed by atoms with Crippen molar-refractivity contribution in [1.29, 1.82) is 0 Å². The molecule has 0 aliphatic carbocycles. The SMILES string of the molecule is c1ccc(N(c2ccc3ccccc3c2)c2cccc3c2sc2c4ccccc4ccc32)cc1. The quantitative estimate of drug-likeness (QED) is 0.258. The summed E-state index contributed by atoms with van der Waals surface area (Å²) in [6.45, 7) is 0. The van der Waals surface area contributed by atoms with Gasteiger partial charge in [-0.3, -0.25) is 0 Å². The molecule has 0 radical (unpaired) electrons. The van der Waals surface area contributed by atoms with E-state index in [-0.39, 0.29) is 0 Å². The van der Waals surface area contributed by atoms with Crippen LogP contribution in [0.3, 0.4) is 0 Å². The van der Waals surface area contributed by atoms with Gasteiger partial charge in [-0.15, -0.1) is 11.3 Å². The van der Waals surface area contributed by atoms with Crippen molar-refractivity contribution in [3.63, 3.8) is 0 Å². The molecule has 0 fully saturated rings. The van der Waals surface area contributed by atoms with Crippen molar-refractivity contribution in [2.75, 3.05) is 4.90 Å². The average molecular weight is 452 g/mol. The first-order valence-corrected chi connectivity index (χ1v) is 12.4. The van der Waals surface area contributed by atoms with Crippen molar-refractivity contribution in [3.05, 3.63) is 127 Å². The number of rotatable bonds is 3. The van der Waals surface area contributed by atoms with Crippen LogP contribution in [-0.4, -0.2) is 0 Å². The molecular formula is C32H21NS. The largest absolute Gasteiger partial charge is 0.309 e. The molecule has 0 spiro atoms. The number of fused-ring (bicyclic) bond motifs is 6. The van der Waals surface area contributed by atoms with Crippen LogP contribution in [0.4, 0.5) is 17.1 Å². The molecule has 160 valence electrons. The Kier molecular flexibility index (Phi) is 4.39. The van der Waals surface area contributed by atoms with Crippen molar-refractivity contribution in [3.8, 4) is 0 Å².